The molecule has 1 saturated heterocycles. The van der Waals surface area contributed by atoms with Gasteiger partial charge in [-0.1, -0.05) is 26.0 Å². The number of hydrogen-bond donors (Lipinski definition) is 0. The quantitative estimate of drug-likeness (QED) is 0.829. The van der Waals surface area contributed by atoms with Crippen molar-refractivity contribution in [2.45, 2.75) is 26.2 Å². The van der Waals surface area contributed by atoms with E-state index in [0.717, 1.165) is 29.5 Å². The highest BCUT2D eigenvalue weighted by molar-refractivity contribution is 5.72. The number of oxazole rings is 1. The molecule has 0 spiro atoms. The second-order valence-electron chi connectivity index (χ2n) is 5.66. The zero-order chi connectivity index (χ0) is 12.5. The number of para-hydroxylation sites is 2. The van der Waals surface area contributed by atoms with Crippen LogP contribution in [0.15, 0.2) is 28.7 Å². The maximum atomic E-state index is 5.87. The van der Waals surface area contributed by atoms with Gasteiger partial charge in [-0.25, -0.2) is 4.98 Å². The molecule has 0 aliphatic carbocycles. The molecule has 1 atom stereocenters. The van der Waals surface area contributed by atoms with E-state index in [2.05, 4.69) is 23.7 Å². The van der Waals surface area contributed by atoms with Gasteiger partial charge in [0.2, 0.25) is 0 Å². The molecule has 2 aromatic rings. The van der Waals surface area contributed by atoms with Gasteiger partial charge in [-0.15, -0.1) is 0 Å². The van der Waals surface area contributed by atoms with E-state index in [1.807, 2.05) is 24.3 Å². The molecule has 0 bridgehead atoms. The van der Waals surface area contributed by atoms with Crippen LogP contribution in [0.5, 0.6) is 0 Å². The maximum absolute atomic E-state index is 5.87. The van der Waals surface area contributed by atoms with Gasteiger partial charge in [-0.05, 0) is 31.0 Å². The van der Waals surface area contributed by atoms with Gasteiger partial charge in [0.1, 0.15) is 5.52 Å². The van der Waals surface area contributed by atoms with Crippen molar-refractivity contribution in [2.24, 2.45) is 5.92 Å². The van der Waals surface area contributed by atoms with E-state index >= 15 is 0 Å². The molecule has 0 amide bonds. The molecule has 1 aliphatic rings. The molecule has 3 heteroatoms. The Hall–Kier alpha value is -1.35. The first-order valence-corrected chi connectivity index (χ1v) is 6.80. The monoisotopic (exact) mass is 244 g/mol. The first-order chi connectivity index (χ1) is 8.72. The molecule has 0 radical (unpaired) electrons. The van der Waals surface area contributed by atoms with Crippen molar-refractivity contribution in [3.63, 3.8) is 0 Å². The number of aromatic nitrogens is 1. The van der Waals surface area contributed by atoms with Crippen LogP contribution in [0.3, 0.4) is 0 Å². The summed E-state index contributed by atoms with van der Waals surface area (Å²) in [7, 11) is 0. The number of nitrogens with zero attached hydrogens (tertiary/aromatic N) is 2. The molecule has 0 N–H and O–H groups in total. The Bertz CT molecular complexity index is 499. The number of hydrogen-bond acceptors (Lipinski definition) is 3. The summed E-state index contributed by atoms with van der Waals surface area (Å²) in [5, 5.41) is 0. The standard InChI is InChI=1S/C15H20N2O/c1-11(2)9-17-8-7-12(10-17)15-16-13-5-3-4-6-14(13)18-15/h3-6,11-12H,7-10H2,1-2H3/t12-/m0/s1. The molecule has 96 valence electrons. The lowest BCUT2D eigenvalue weighted by atomic mass is 10.1. The van der Waals surface area contributed by atoms with Gasteiger partial charge in [0.05, 0.1) is 0 Å². The fraction of sp³-hybridized carbons (Fsp3) is 0.533. The normalized spacial score (nSPS) is 21.2. The van der Waals surface area contributed by atoms with Crippen LogP contribution in [0.1, 0.15) is 32.1 Å². The molecule has 1 aromatic heterocycles. The molecule has 3 rings (SSSR count). The van der Waals surface area contributed by atoms with E-state index in [4.69, 9.17) is 4.42 Å². The van der Waals surface area contributed by atoms with E-state index < -0.39 is 0 Å². The smallest absolute Gasteiger partial charge is 0.199 e. The minimum Gasteiger partial charge on any atom is -0.440 e. The number of fused-ring (bicyclic) bond motifs is 1. The summed E-state index contributed by atoms with van der Waals surface area (Å²) >= 11 is 0. The minimum absolute atomic E-state index is 0.469. The van der Waals surface area contributed by atoms with Gasteiger partial charge in [0, 0.05) is 19.0 Å². The average Bonchev–Trinajstić information content (AvgIpc) is 2.93. The number of benzene rings is 1. The van der Waals surface area contributed by atoms with Crippen LogP contribution < -0.4 is 0 Å². The van der Waals surface area contributed by atoms with Crippen LogP contribution in [0, 0.1) is 5.92 Å². The summed E-state index contributed by atoms with van der Waals surface area (Å²) in [5.41, 5.74) is 1.89. The van der Waals surface area contributed by atoms with Gasteiger partial charge < -0.3 is 9.32 Å². The third kappa shape index (κ3) is 2.27. The van der Waals surface area contributed by atoms with E-state index in [-0.39, 0.29) is 0 Å². The fourth-order valence-electron chi connectivity index (χ4n) is 2.78. The first kappa shape index (κ1) is 11.7. The predicted molar refractivity (Wildman–Crippen MR) is 72.6 cm³/mol. The molecular weight excluding hydrogens is 224 g/mol. The van der Waals surface area contributed by atoms with Crippen LogP contribution in [-0.2, 0) is 0 Å². The lowest BCUT2D eigenvalue weighted by Crippen LogP contribution is -2.24. The van der Waals surface area contributed by atoms with Crippen LogP contribution >= 0.6 is 0 Å². The second kappa shape index (κ2) is 4.73. The van der Waals surface area contributed by atoms with Crippen molar-refractivity contribution in [2.75, 3.05) is 19.6 Å². The van der Waals surface area contributed by atoms with E-state index in [1.54, 1.807) is 0 Å². The zero-order valence-electron chi connectivity index (χ0n) is 11.1. The highest BCUT2D eigenvalue weighted by Crippen LogP contribution is 2.29. The highest BCUT2D eigenvalue weighted by Gasteiger charge is 2.27. The summed E-state index contributed by atoms with van der Waals surface area (Å²) in [6.07, 6.45) is 1.17. The van der Waals surface area contributed by atoms with Crippen LogP contribution in [0.2, 0.25) is 0 Å². The van der Waals surface area contributed by atoms with Crippen LogP contribution in [-0.4, -0.2) is 29.5 Å². The van der Waals surface area contributed by atoms with Crippen molar-refractivity contribution >= 4 is 11.1 Å². The van der Waals surface area contributed by atoms with E-state index in [9.17, 15) is 0 Å². The largest absolute Gasteiger partial charge is 0.440 e. The van der Waals surface area contributed by atoms with Gasteiger partial charge >= 0.3 is 0 Å². The summed E-state index contributed by atoms with van der Waals surface area (Å²) in [6, 6.07) is 8.02. The number of rotatable bonds is 3. The van der Waals surface area contributed by atoms with Gasteiger partial charge in [0.15, 0.2) is 11.5 Å². The molecule has 1 aromatic carbocycles. The van der Waals surface area contributed by atoms with Crippen molar-refractivity contribution in [1.82, 2.24) is 9.88 Å². The zero-order valence-corrected chi connectivity index (χ0v) is 11.1. The van der Waals surface area contributed by atoms with Crippen LogP contribution in [0.25, 0.3) is 11.1 Å². The van der Waals surface area contributed by atoms with E-state index in [0.29, 0.717) is 5.92 Å². The molecule has 2 heterocycles. The summed E-state index contributed by atoms with van der Waals surface area (Å²) in [6.45, 7) is 7.98. The predicted octanol–water partition coefficient (Wildman–Crippen LogP) is 3.27. The molecule has 0 saturated carbocycles. The van der Waals surface area contributed by atoms with Gasteiger partial charge in [-0.3, -0.25) is 0 Å². The van der Waals surface area contributed by atoms with Crippen LogP contribution in [0.4, 0.5) is 0 Å². The molecule has 1 fully saturated rings. The first-order valence-electron chi connectivity index (χ1n) is 6.80. The molecular formula is C15H20N2O. The lowest BCUT2D eigenvalue weighted by molar-refractivity contribution is 0.291. The maximum Gasteiger partial charge on any atom is 0.199 e. The minimum atomic E-state index is 0.469. The fourth-order valence-corrected chi connectivity index (χ4v) is 2.78. The van der Waals surface area contributed by atoms with Crippen molar-refractivity contribution in [3.05, 3.63) is 30.2 Å². The Morgan fingerprint density at radius 2 is 2.22 bits per heavy atom. The SMILES string of the molecule is CC(C)CN1CC[C@H](c2nc3ccccc3o2)C1. The third-order valence-corrected chi connectivity index (χ3v) is 3.56. The highest BCUT2D eigenvalue weighted by atomic mass is 16.3. The summed E-state index contributed by atoms with van der Waals surface area (Å²) in [4.78, 5) is 7.13. The lowest BCUT2D eigenvalue weighted by Gasteiger charge is -2.17. The molecule has 3 nitrogen and oxygen atoms in total. The van der Waals surface area contributed by atoms with Crippen molar-refractivity contribution in [1.29, 1.82) is 0 Å². The van der Waals surface area contributed by atoms with Gasteiger partial charge in [0.25, 0.3) is 0 Å². The molecule has 0 unspecified atom stereocenters. The molecule has 18 heavy (non-hydrogen) atoms. The topological polar surface area (TPSA) is 29.3 Å². The average molecular weight is 244 g/mol. The third-order valence-electron chi connectivity index (χ3n) is 3.56. The Morgan fingerprint density at radius 1 is 1.39 bits per heavy atom. The Kier molecular flexibility index (Phi) is 3.08. The summed E-state index contributed by atoms with van der Waals surface area (Å²) < 4.78 is 5.87. The Labute approximate surface area is 108 Å². The van der Waals surface area contributed by atoms with E-state index in [1.165, 1.54) is 19.5 Å². The van der Waals surface area contributed by atoms with Gasteiger partial charge in [-0.2, -0.15) is 0 Å². The number of likely N-dealkylation sites (tertiary alicyclic amines) is 1. The van der Waals surface area contributed by atoms with Crippen molar-refractivity contribution in [3.8, 4) is 0 Å². The molecule has 1 aliphatic heterocycles. The second-order valence-corrected chi connectivity index (χ2v) is 5.66. The Morgan fingerprint density at radius 3 is 3.00 bits per heavy atom. The summed E-state index contributed by atoms with van der Waals surface area (Å²) in [5.74, 6) is 2.12. The van der Waals surface area contributed by atoms with Crippen molar-refractivity contribution < 1.29 is 4.42 Å². The Balaban J connectivity index is 1.75.